The molecule has 0 spiro atoms. The van der Waals surface area contributed by atoms with Crippen molar-refractivity contribution < 1.29 is 4.74 Å². The molecule has 1 aromatic rings. The van der Waals surface area contributed by atoms with Gasteiger partial charge in [-0.1, -0.05) is 51.7 Å². The summed E-state index contributed by atoms with van der Waals surface area (Å²) in [6.07, 6.45) is 8.04. The summed E-state index contributed by atoms with van der Waals surface area (Å²) in [6, 6.07) is 8.46. The highest BCUT2D eigenvalue weighted by Gasteiger charge is 2.00. The van der Waals surface area contributed by atoms with Gasteiger partial charge in [0.2, 0.25) is 0 Å². The Hall–Kier alpha value is -1.02. The Bertz CT molecular complexity index is 334. The molecule has 1 rings (SSSR count). The molecule has 1 atom stereocenters. The molecule has 1 N–H and O–H groups in total. The van der Waals surface area contributed by atoms with Crippen LogP contribution in [0.15, 0.2) is 24.3 Å². The molecule has 0 bridgehead atoms. The summed E-state index contributed by atoms with van der Waals surface area (Å²) in [4.78, 5) is 0. The van der Waals surface area contributed by atoms with E-state index in [1.54, 1.807) is 0 Å². The molecule has 0 aliphatic carbocycles. The van der Waals surface area contributed by atoms with Crippen molar-refractivity contribution in [3.8, 4) is 5.75 Å². The van der Waals surface area contributed by atoms with Crippen LogP contribution in [0.1, 0.15) is 64.9 Å². The average molecular weight is 277 g/mol. The monoisotopic (exact) mass is 277 g/mol. The molecule has 0 heterocycles. The van der Waals surface area contributed by atoms with E-state index in [0.29, 0.717) is 6.10 Å². The Morgan fingerprint density at radius 2 is 1.70 bits per heavy atom. The third-order valence-corrected chi connectivity index (χ3v) is 3.62. The maximum Gasteiger partial charge on any atom is 0.119 e. The fourth-order valence-corrected chi connectivity index (χ4v) is 2.09. The predicted octanol–water partition coefficient (Wildman–Crippen LogP) is 4.92. The van der Waals surface area contributed by atoms with Crippen molar-refractivity contribution in [3.05, 3.63) is 29.8 Å². The van der Waals surface area contributed by atoms with Gasteiger partial charge in [0.1, 0.15) is 5.75 Å². The van der Waals surface area contributed by atoms with E-state index < -0.39 is 0 Å². The van der Waals surface area contributed by atoms with E-state index >= 15 is 0 Å². The van der Waals surface area contributed by atoms with Gasteiger partial charge in [0.05, 0.1) is 6.10 Å². The van der Waals surface area contributed by atoms with Crippen molar-refractivity contribution in [2.75, 3.05) is 6.54 Å². The standard InChI is InChI=1S/C18H31NO/c1-4-6-7-8-9-14-19-15-17-10-12-18(13-11-17)20-16(3)5-2/h10-13,16,19H,4-9,14-15H2,1-3H3. The van der Waals surface area contributed by atoms with Crippen LogP contribution in [0.4, 0.5) is 0 Å². The number of hydrogen-bond donors (Lipinski definition) is 1. The zero-order valence-electron chi connectivity index (χ0n) is 13.5. The first-order chi connectivity index (χ1) is 9.76. The van der Waals surface area contributed by atoms with Gasteiger partial charge in [-0.25, -0.2) is 0 Å². The van der Waals surface area contributed by atoms with Gasteiger partial charge in [-0.3, -0.25) is 0 Å². The Balaban J connectivity index is 2.15. The quantitative estimate of drug-likeness (QED) is 0.579. The Morgan fingerprint density at radius 3 is 2.35 bits per heavy atom. The van der Waals surface area contributed by atoms with Gasteiger partial charge in [0, 0.05) is 6.54 Å². The van der Waals surface area contributed by atoms with Crippen LogP contribution in [-0.2, 0) is 6.54 Å². The van der Waals surface area contributed by atoms with Crippen molar-refractivity contribution >= 4 is 0 Å². The van der Waals surface area contributed by atoms with Crippen LogP contribution in [0.2, 0.25) is 0 Å². The first-order valence-electron chi connectivity index (χ1n) is 8.22. The highest BCUT2D eigenvalue weighted by atomic mass is 16.5. The molecule has 2 nitrogen and oxygen atoms in total. The second-order valence-corrected chi connectivity index (χ2v) is 5.57. The fraction of sp³-hybridized carbons (Fsp3) is 0.667. The Labute approximate surface area is 124 Å². The van der Waals surface area contributed by atoms with Gasteiger partial charge >= 0.3 is 0 Å². The molecule has 0 fully saturated rings. The van der Waals surface area contributed by atoms with Gasteiger partial charge in [-0.2, -0.15) is 0 Å². The second kappa shape index (κ2) is 10.7. The zero-order valence-corrected chi connectivity index (χ0v) is 13.5. The zero-order chi connectivity index (χ0) is 14.6. The van der Waals surface area contributed by atoms with E-state index in [9.17, 15) is 0 Å². The van der Waals surface area contributed by atoms with E-state index in [1.165, 1.54) is 37.7 Å². The molecule has 1 unspecified atom stereocenters. The second-order valence-electron chi connectivity index (χ2n) is 5.57. The predicted molar refractivity (Wildman–Crippen MR) is 87.3 cm³/mol. The highest BCUT2D eigenvalue weighted by Crippen LogP contribution is 2.14. The number of benzene rings is 1. The van der Waals surface area contributed by atoms with Crippen molar-refractivity contribution in [2.24, 2.45) is 0 Å². The lowest BCUT2D eigenvalue weighted by Crippen LogP contribution is -2.14. The minimum atomic E-state index is 0.294. The van der Waals surface area contributed by atoms with Crippen molar-refractivity contribution in [2.45, 2.75) is 71.9 Å². The van der Waals surface area contributed by atoms with Crippen molar-refractivity contribution in [3.63, 3.8) is 0 Å². The molecule has 0 aliphatic rings. The van der Waals surface area contributed by atoms with Crippen molar-refractivity contribution in [1.29, 1.82) is 0 Å². The molecule has 114 valence electrons. The molecule has 20 heavy (non-hydrogen) atoms. The minimum absolute atomic E-state index is 0.294. The molecule has 0 amide bonds. The van der Waals surface area contributed by atoms with Gasteiger partial charge in [-0.05, 0) is 44.0 Å². The van der Waals surface area contributed by atoms with E-state index in [0.717, 1.165) is 25.3 Å². The number of nitrogens with one attached hydrogen (secondary N) is 1. The maximum absolute atomic E-state index is 5.78. The maximum atomic E-state index is 5.78. The lowest BCUT2D eigenvalue weighted by Gasteiger charge is -2.13. The summed E-state index contributed by atoms with van der Waals surface area (Å²) in [6.45, 7) is 8.58. The van der Waals surface area contributed by atoms with Crippen LogP contribution in [0, 0.1) is 0 Å². The van der Waals surface area contributed by atoms with E-state index in [1.807, 2.05) is 0 Å². The Kier molecular flexibility index (Phi) is 9.14. The third kappa shape index (κ3) is 7.54. The summed E-state index contributed by atoms with van der Waals surface area (Å²) in [5, 5.41) is 3.51. The summed E-state index contributed by atoms with van der Waals surface area (Å²) >= 11 is 0. The normalized spacial score (nSPS) is 12.3. The van der Waals surface area contributed by atoms with Crippen LogP contribution in [-0.4, -0.2) is 12.6 Å². The summed E-state index contributed by atoms with van der Waals surface area (Å²) in [5.41, 5.74) is 1.33. The minimum Gasteiger partial charge on any atom is -0.491 e. The number of hydrogen-bond acceptors (Lipinski definition) is 2. The van der Waals surface area contributed by atoms with Crippen molar-refractivity contribution in [1.82, 2.24) is 5.32 Å². The summed E-state index contributed by atoms with van der Waals surface area (Å²) in [5.74, 6) is 0.975. The van der Waals surface area contributed by atoms with Gasteiger partial charge in [-0.15, -0.1) is 0 Å². The van der Waals surface area contributed by atoms with E-state index in [2.05, 4.69) is 50.4 Å². The van der Waals surface area contributed by atoms with Crippen LogP contribution < -0.4 is 10.1 Å². The molecule has 2 heteroatoms. The largest absolute Gasteiger partial charge is 0.491 e. The molecule has 0 radical (unpaired) electrons. The average Bonchev–Trinajstić information content (AvgIpc) is 2.48. The van der Waals surface area contributed by atoms with Gasteiger partial charge in [0.25, 0.3) is 0 Å². The molecular weight excluding hydrogens is 246 g/mol. The lowest BCUT2D eigenvalue weighted by molar-refractivity contribution is 0.217. The topological polar surface area (TPSA) is 21.3 Å². The van der Waals surface area contributed by atoms with Gasteiger partial charge < -0.3 is 10.1 Å². The molecular formula is C18H31NO. The van der Waals surface area contributed by atoms with Crippen LogP contribution in [0.25, 0.3) is 0 Å². The summed E-state index contributed by atoms with van der Waals surface area (Å²) < 4.78 is 5.78. The SMILES string of the molecule is CCCCCCCNCc1ccc(OC(C)CC)cc1. The van der Waals surface area contributed by atoms with Crippen LogP contribution in [0.3, 0.4) is 0 Å². The molecule has 0 aliphatic heterocycles. The summed E-state index contributed by atoms with van der Waals surface area (Å²) in [7, 11) is 0. The van der Waals surface area contributed by atoms with E-state index in [4.69, 9.17) is 4.74 Å². The van der Waals surface area contributed by atoms with Gasteiger partial charge in [0.15, 0.2) is 0 Å². The highest BCUT2D eigenvalue weighted by molar-refractivity contribution is 5.27. The smallest absolute Gasteiger partial charge is 0.119 e. The van der Waals surface area contributed by atoms with Crippen LogP contribution >= 0.6 is 0 Å². The number of rotatable bonds is 11. The lowest BCUT2D eigenvalue weighted by atomic mass is 10.1. The molecule has 0 aromatic heterocycles. The number of ether oxygens (including phenoxy) is 1. The number of unbranched alkanes of at least 4 members (excludes halogenated alkanes) is 4. The third-order valence-electron chi connectivity index (χ3n) is 3.62. The molecule has 0 saturated heterocycles. The van der Waals surface area contributed by atoms with Crippen LogP contribution in [0.5, 0.6) is 5.75 Å². The first kappa shape index (κ1) is 17.0. The first-order valence-corrected chi connectivity index (χ1v) is 8.22. The Morgan fingerprint density at radius 1 is 1.00 bits per heavy atom. The molecule has 1 aromatic carbocycles. The fourth-order valence-electron chi connectivity index (χ4n) is 2.09. The molecule has 0 saturated carbocycles. The van der Waals surface area contributed by atoms with E-state index in [-0.39, 0.29) is 0 Å².